The maximum atomic E-state index is 13.5. The van der Waals surface area contributed by atoms with E-state index in [9.17, 15) is 4.39 Å². The van der Waals surface area contributed by atoms with Crippen LogP contribution in [0.25, 0.3) is 11.4 Å². The highest BCUT2D eigenvalue weighted by atomic mass is 79.9. The molecule has 2 aromatic rings. The number of benzene rings is 1. The van der Waals surface area contributed by atoms with Crippen LogP contribution in [0.2, 0.25) is 0 Å². The SMILES string of the molecule is CCc1nc(-c2ccc(F)c(OC)c2)nc(NC)c1Br. The van der Waals surface area contributed by atoms with Gasteiger partial charge in [-0.25, -0.2) is 14.4 Å². The number of hydrogen-bond acceptors (Lipinski definition) is 4. The molecule has 0 aliphatic carbocycles. The predicted molar refractivity (Wildman–Crippen MR) is 80.6 cm³/mol. The van der Waals surface area contributed by atoms with Crippen molar-refractivity contribution in [1.29, 1.82) is 0 Å². The number of aryl methyl sites for hydroxylation is 1. The lowest BCUT2D eigenvalue weighted by atomic mass is 10.2. The summed E-state index contributed by atoms with van der Waals surface area (Å²) < 4.78 is 19.3. The second-order valence-corrected chi connectivity index (χ2v) is 4.90. The molecule has 1 aromatic heterocycles. The van der Waals surface area contributed by atoms with Crippen molar-refractivity contribution in [2.45, 2.75) is 13.3 Å². The van der Waals surface area contributed by atoms with Gasteiger partial charge in [0.05, 0.1) is 17.3 Å². The summed E-state index contributed by atoms with van der Waals surface area (Å²) in [6, 6.07) is 4.58. The Morgan fingerprint density at radius 3 is 2.70 bits per heavy atom. The third kappa shape index (κ3) is 2.75. The minimum Gasteiger partial charge on any atom is -0.494 e. The zero-order chi connectivity index (χ0) is 14.7. The second kappa shape index (κ2) is 6.17. The van der Waals surface area contributed by atoms with Gasteiger partial charge in [0, 0.05) is 12.6 Å². The van der Waals surface area contributed by atoms with Crippen LogP contribution < -0.4 is 10.1 Å². The van der Waals surface area contributed by atoms with E-state index in [1.165, 1.54) is 13.2 Å². The lowest BCUT2D eigenvalue weighted by Gasteiger charge is -2.11. The average molecular weight is 340 g/mol. The first-order valence-corrected chi connectivity index (χ1v) is 6.98. The lowest BCUT2D eigenvalue weighted by molar-refractivity contribution is 0.387. The van der Waals surface area contributed by atoms with Crippen LogP contribution in [0.5, 0.6) is 5.75 Å². The van der Waals surface area contributed by atoms with Gasteiger partial charge in [0.1, 0.15) is 5.82 Å². The van der Waals surface area contributed by atoms with Crippen LogP contribution in [-0.2, 0) is 6.42 Å². The van der Waals surface area contributed by atoms with E-state index < -0.39 is 5.82 Å². The van der Waals surface area contributed by atoms with Gasteiger partial charge >= 0.3 is 0 Å². The summed E-state index contributed by atoms with van der Waals surface area (Å²) in [5, 5.41) is 3.02. The molecule has 0 bridgehead atoms. The molecule has 1 heterocycles. The summed E-state index contributed by atoms with van der Waals surface area (Å²) in [5.74, 6) is 1.01. The summed E-state index contributed by atoms with van der Waals surface area (Å²) in [6.07, 6.45) is 0.767. The number of ether oxygens (including phenoxy) is 1. The number of aromatic nitrogens is 2. The van der Waals surface area contributed by atoms with Crippen LogP contribution in [-0.4, -0.2) is 24.1 Å². The summed E-state index contributed by atoms with van der Waals surface area (Å²) in [7, 11) is 3.22. The van der Waals surface area contributed by atoms with Gasteiger partial charge in [-0.2, -0.15) is 0 Å². The van der Waals surface area contributed by atoms with Gasteiger partial charge in [0.25, 0.3) is 0 Å². The van der Waals surface area contributed by atoms with Crippen LogP contribution in [0.3, 0.4) is 0 Å². The Morgan fingerprint density at radius 1 is 1.35 bits per heavy atom. The quantitative estimate of drug-likeness (QED) is 0.923. The minimum atomic E-state index is -0.405. The van der Waals surface area contributed by atoms with Gasteiger partial charge in [-0.15, -0.1) is 0 Å². The monoisotopic (exact) mass is 339 g/mol. The first-order chi connectivity index (χ1) is 9.60. The Bertz CT molecular complexity index is 609. The van der Waals surface area contributed by atoms with Gasteiger partial charge < -0.3 is 10.1 Å². The molecule has 0 unspecified atom stereocenters. The van der Waals surface area contributed by atoms with Gasteiger partial charge in [0.2, 0.25) is 0 Å². The Balaban J connectivity index is 2.57. The Kier molecular flexibility index (Phi) is 4.54. The zero-order valence-corrected chi connectivity index (χ0v) is 13.1. The fourth-order valence-corrected chi connectivity index (χ4v) is 2.48. The maximum absolute atomic E-state index is 13.5. The third-order valence-corrected chi connectivity index (χ3v) is 3.73. The molecule has 106 valence electrons. The topological polar surface area (TPSA) is 47.0 Å². The molecule has 6 heteroatoms. The number of hydrogen-bond donors (Lipinski definition) is 1. The molecule has 0 radical (unpaired) electrons. The Morgan fingerprint density at radius 2 is 2.10 bits per heavy atom. The summed E-state index contributed by atoms with van der Waals surface area (Å²) in [5.41, 5.74) is 1.60. The highest BCUT2D eigenvalue weighted by Crippen LogP contribution is 2.29. The number of methoxy groups -OCH3 is 1. The van der Waals surface area contributed by atoms with Crippen LogP contribution in [0.15, 0.2) is 22.7 Å². The molecule has 0 spiro atoms. The van der Waals surface area contributed by atoms with E-state index in [2.05, 4.69) is 31.2 Å². The summed E-state index contributed by atoms with van der Waals surface area (Å²) in [6.45, 7) is 2.02. The van der Waals surface area contributed by atoms with Crippen molar-refractivity contribution in [3.8, 4) is 17.1 Å². The fourth-order valence-electron chi connectivity index (χ4n) is 1.82. The molecule has 0 fully saturated rings. The summed E-state index contributed by atoms with van der Waals surface area (Å²) in [4.78, 5) is 8.93. The van der Waals surface area contributed by atoms with E-state index >= 15 is 0 Å². The molecular formula is C14H15BrFN3O. The molecule has 20 heavy (non-hydrogen) atoms. The van der Waals surface area contributed by atoms with Gasteiger partial charge in [0.15, 0.2) is 17.4 Å². The smallest absolute Gasteiger partial charge is 0.165 e. The van der Waals surface area contributed by atoms with E-state index in [0.717, 1.165) is 16.6 Å². The van der Waals surface area contributed by atoms with Crippen molar-refractivity contribution in [3.05, 3.63) is 34.2 Å². The fraction of sp³-hybridized carbons (Fsp3) is 0.286. The highest BCUT2D eigenvalue weighted by Gasteiger charge is 2.13. The van der Waals surface area contributed by atoms with Crippen molar-refractivity contribution in [2.24, 2.45) is 0 Å². The molecule has 1 N–H and O–H groups in total. The number of rotatable bonds is 4. The first kappa shape index (κ1) is 14.7. The molecule has 4 nitrogen and oxygen atoms in total. The van der Waals surface area contributed by atoms with E-state index in [0.29, 0.717) is 17.2 Å². The highest BCUT2D eigenvalue weighted by molar-refractivity contribution is 9.10. The van der Waals surface area contributed by atoms with E-state index in [4.69, 9.17) is 4.74 Å². The van der Waals surface area contributed by atoms with Crippen LogP contribution in [0.4, 0.5) is 10.2 Å². The van der Waals surface area contributed by atoms with Crippen molar-refractivity contribution >= 4 is 21.7 Å². The predicted octanol–water partition coefficient (Wildman–Crippen LogP) is 3.66. The second-order valence-electron chi connectivity index (χ2n) is 4.11. The molecule has 2 rings (SSSR count). The van der Waals surface area contributed by atoms with Gasteiger partial charge in [-0.3, -0.25) is 0 Å². The van der Waals surface area contributed by atoms with E-state index in [1.54, 1.807) is 19.2 Å². The normalized spacial score (nSPS) is 10.4. The van der Waals surface area contributed by atoms with Crippen molar-refractivity contribution in [1.82, 2.24) is 9.97 Å². The number of nitrogens with one attached hydrogen (secondary N) is 1. The molecule has 0 saturated carbocycles. The standard InChI is InChI=1S/C14H15BrFN3O/c1-4-10-12(15)14(17-2)19-13(18-10)8-5-6-9(16)11(7-8)20-3/h5-7H,4H2,1-3H3,(H,17,18,19). The van der Waals surface area contributed by atoms with Gasteiger partial charge in [-0.05, 0) is 40.5 Å². The van der Waals surface area contributed by atoms with E-state index in [-0.39, 0.29) is 5.75 Å². The van der Waals surface area contributed by atoms with E-state index in [1.807, 2.05) is 6.92 Å². The Hall–Kier alpha value is -1.69. The van der Waals surface area contributed by atoms with Crippen molar-refractivity contribution in [3.63, 3.8) is 0 Å². The first-order valence-electron chi connectivity index (χ1n) is 6.18. The molecule has 0 atom stereocenters. The van der Waals surface area contributed by atoms with Crippen LogP contribution >= 0.6 is 15.9 Å². The zero-order valence-electron chi connectivity index (χ0n) is 11.5. The van der Waals surface area contributed by atoms with Crippen LogP contribution in [0.1, 0.15) is 12.6 Å². The summed E-state index contributed by atoms with van der Waals surface area (Å²) >= 11 is 3.48. The number of halogens is 2. The molecule has 0 aliphatic rings. The average Bonchev–Trinajstić information content (AvgIpc) is 2.48. The molecule has 0 aliphatic heterocycles. The third-order valence-electron chi connectivity index (χ3n) is 2.90. The largest absolute Gasteiger partial charge is 0.494 e. The lowest BCUT2D eigenvalue weighted by Crippen LogP contribution is -2.03. The number of nitrogens with zero attached hydrogens (tertiary/aromatic N) is 2. The maximum Gasteiger partial charge on any atom is 0.165 e. The van der Waals surface area contributed by atoms with Crippen molar-refractivity contribution in [2.75, 3.05) is 19.5 Å². The van der Waals surface area contributed by atoms with Crippen molar-refractivity contribution < 1.29 is 9.13 Å². The van der Waals surface area contributed by atoms with Crippen LogP contribution in [0, 0.1) is 5.82 Å². The molecular weight excluding hydrogens is 325 g/mol. The Labute approximate surface area is 125 Å². The minimum absolute atomic E-state index is 0.179. The molecule has 0 amide bonds. The van der Waals surface area contributed by atoms with Gasteiger partial charge in [-0.1, -0.05) is 6.92 Å². The number of anilines is 1. The molecule has 1 aromatic carbocycles. The molecule has 0 saturated heterocycles.